The Morgan fingerprint density at radius 2 is 1.80 bits per heavy atom. The molecule has 0 spiro atoms. The molecule has 0 fully saturated rings. The average Bonchev–Trinajstić information content (AvgIpc) is 2.14. The first-order valence-corrected chi connectivity index (χ1v) is 9.45. The molecule has 0 amide bonds. The minimum absolute atomic E-state index is 0.160. The van der Waals surface area contributed by atoms with Crippen LogP contribution in [-0.2, 0) is 0 Å². The topological polar surface area (TPSA) is 43.1 Å². The van der Waals surface area contributed by atoms with Gasteiger partial charge in [-0.1, -0.05) is 19.6 Å². The summed E-state index contributed by atoms with van der Waals surface area (Å²) in [6.07, 6.45) is 0. The Morgan fingerprint density at radius 1 is 1.27 bits per heavy atom. The van der Waals surface area contributed by atoms with E-state index in [9.17, 15) is 10.1 Å². The largest absolute Gasteiger partial charge is 0.269 e. The lowest BCUT2D eigenvalue weighted by atomic mass is 10.3. The third kappa shape index (κ3) is 4.48. The van der Waals surface area contributed by atoms with E-state index in [1.54, 1.807) is 23.9 Å². The monoisotopic (exact) mass is 241 g/mol. The molecule has 0 aliphatic rings. The Labute approximate surface area is 95.0 Å². The fourth-order valence-corrected chi connectivity index (χ4v) is 3.69. The van der Waals surface area contributed by atoms with Crippen LogP contribution < -0.4 is 0 Å². The first kappa shape index (κ1) is 12.3. The number of nitro groups is 1. The summed E-state index contributed by atoms with van der Waals surface area (Å²) in [5.41, 5.74) is 0.160. The van der Waals surface area contributed by atoms with Crippen molar-refractivity contribution in [2.24, 2.45) is 0 Å². The molecule has 0 unspecified atom stereocenters. The van der Waals surface area contributed by atoms with E-state index in [0.29, 0.717) is 0 Å². The van der Waals surface area contributed by atoms with Crippen LogP contribution in [0.2, 0.25) is 19.6 Å². The predicted molar refractivity (Wildman–Crippen MR) is 67.2 cm³/mol. The van der Waals surface area contributed by atoms with Crippen LogP contribution in [0.5, 0.6) is 0 Å². The minimum Gasteiger partial charge on any atom is -0.258 e. The molecular weight excluding hydrogens is 226 g/mol. The molecule has 82 valence electrons. The van der Waals surface area contributed by atoms with Gasteiger partial charge in [-0.3, -0.25) is 10.1 Å². The molecular formula is C10H15NO2SSi. The van der Waals surface area contributed by atoms with Gasteiger partial charge in [0.25, 0.3) is 5.69 Å². The number of nitrogens with zero attached hydrogens (tertiary/aromatic N) is 1. The summed E-state index contributed by atoms with van der Waals surface area (Å²) in [5.74, 6) is 0. The molecule has 1 rings (SSSR count). The van der Waals surface area contributed by atoms with E-state index in [2.05, 4.69) is 19.6 Å². The second-order valence-electron chi connectivity index (χ2n) is 4.60. The third-order valence-corrected chi connectivity index (χ3v) is 6.37. The molecule has 0 atom stereocenters. The van der Waals surface area contributed by atoms with Gasteiger partial charge in [-0.25, -0.2) is 0 Å². The van der Waals surface area contributed by atoms with E-state index < -0.39 is 8.07 Å². The lowest BCUT2D eigenvalue weighted by molar-refractivity contribution is -0.384. The van der Waals surface area contributed by atoms with Gasteiger partial charge in [-0.2, -0.15) is 0 Å². The molecule has 1 aromatic carbocycles. The maximum atomic E-state index is 10.4. The summed E-state index contributed by atoms with van der Waals surface area (Å²) in [4.78, 5) is 11.2. The molecule has 0 aliphatic carbocycles. The summed E-state index contributed by atoms with van der Waals surface area (Å²) in [7, 11) is -1.05. The molecule has 0 radical (unpaired) electrons. The second kappa shape index (κ2) is 4.81. The number of non-ortho nitro benzene ring substituents is 1. The van der Waals surface area contributed by atoms with Crippen LogP contribution in [0.15, 0.2) is 29.2 Å². The van der Waals surface area contributed by atoms with Crippen LogP contribution >= 0.6 is 11.8 Å². The number of hydrogen-bond acceptors (Lipinski definition) is 3. The van der Waals surface area contributed by atoms with Crippen molar-refractivity contribution in [2.45, 2.75) is 24.5 Å². The molecule has 0 bridgehead atoms. The van der Waals surface area contributed by atoms with Crippen molar-refractivity contribution >= 4 is 25.5 Å². The van der Waals surface area contributed by atoms with Crippen LogP contribution in [0, 0.1) is 10.1 Å². The SMILES string of the molecule is C[Si](C)(C)CSc1ccc([N+](=O)[O-])cc1. The highest BCUT2D eigenvalue weighted by molar-refractivity contribution is 8.01. The van der Waals surface area contributed by atoms with Crippen molar-refractivity contribution in [3.8, 4) is 0 Å². The summed E-state index contributed by atoms with van der Waals surface area (Å²) in [5, 5.41) is 11.6. The standard InChI is InChI=1S/C10H15NO2SSi/c1-15(2,3)8-14-10-6-4-9(5-7-10)11(12)13/h4-7H,8H2,1-3H3. The summed E-state index contributed by atoms with van der Waals surface area (Å²) in [6, 6.07) is 6.77. The number of thioether (sulfide) groups is 1. The molecule has 0 heterocycles. The Hall–Kier alpha value is -0.813. The Bertz CT molecular complexity index is 345. The minimum atomic E-state index is -1.05. The van der Waals surface area contributed by atoms with Gasteiger partial charge in [0, 0.05) is 17.0 Å². The number of benzene rings is 1. The van der Waals surface area contributed by atoms with Crippen molar-refractivity contribution in [3.63, 3.8) is 0 Å². The first-order valence-electron chi connectivity index (χ1n) is 4.76. The third-order valence-electron chi connectivity index (χ3n) is 1.72. The van der Waals surface area contributed by atoms with Gasteiger partial charge < -0.3 is 0 Å². The summed E-state index contributed by atoms with van der Waals surface area (Å²) < 4.78 is 0. The zero-order valence-electron chi connectivity index (χ0n) is 9.19. The van der Waals surface area contributed by atoms with Crippen molar-refractivity contribution in [1.29, 1.82) is 0 Å². The van der Waals surface area contributed by atoms with E-state index in [4.69, 9.17) is 0 Å². The van der Waals surface area contributed by atoms with E-state index in [1.165, 1.54) is 0 Å². The molecule has 0 N–H and O–H groups in total. The van der Waals surface area contributed by atoms with Crippen LogP contribution in [0.25, 0.3) is 0 Å². The average molecular weight is 241 g/mol. The fraction of sp³-hybridized carbons (Fsp3) is 0.400. The zero-order chi connectivity index (χ0) is 11.5. The highest BCUT2D eigenvalue weighted by Gasteiger charge is 2.13. The maximum absolute atomic E-state index is 10.4. The molecule has 0 saturated carbocycles. The molecule has 5 heteroatoms. The Morgan fingerprint density at radius 3 is 2.20 bits per heavy atom. The fourth-order valence-electron chi connectivity index (χ4n) is 0.964. The normalized spacial score (nSPS) is 11.4. The van der Waals surface area contributed by atoms with Crippen molar-refractivity contribution in [3.05, 3.63) is 34.4 Å². The van der Waals surface area contributed by atoms with Gasteiger partial charge in [0.15, 0.2) is 0 Å². The maximum Gasteiger partial charge on any atom is 0.269 e. The van der Waals surface area contributed by atoms with E-state index in [0.717, 1.165) is 10.3 Å². The zero-order valence-corrected chi connectivity index (χ0v) is 11.0. The lowest BCUT2D eigenvalue weighted by Crippen LogP contribution is -2.23. The van der Waals surface area contributed by atoms with E-state index in [1.807, 2.05) is 12.1 Å². The molecule has 15 heavy (non-hydrogen) atoms. The van der Waals surface area contributed by atoms with Crippen molar-refractivity contribution in [2.75, 3.05) is 5.38 Å². The predicted octanol–water partition coefficient (Wildman–Crippen LogP) is 3.56. The van der Waals surface area contributed by atoms with Gasteiger partial charge in [0.05, 0.1) is 13.0 Å². The second-order valence-corrected chi connectivity index (χ2v) is 11.6. The van der Waals surface area contributed by atoms with Gasteiger partial charge in [0.1, 0.15) is 0 Å². The van der Waals surface area contributed by atoms with E-state index in [-0.39, 0.29) is 10.6 Å². The van der Waals surface area contributed by atoms with Crippen LogP contribution in [0.4, 0.5) is 5.69 Å². The van der Waals surface area contributed by atoms with E-state index >= 15 is 0 Å². The number of hydrogen-bond donors (Lipinski definition) is 0. The smallest absolute Gasteiger partial charge is 0.258 e. The van der Waals surface area contributed by atoms with Crippen LogP contribution in [-0.4, -0.2) is 18.4 Å². The molecule has 0 saturated heterocycles. The lowest BCUT2D eigenvalue weighted by Gasteiger charge is -2.14. The molecule has 0 aliphatic heterocycles. The van der Waals surface area contributed by atoms with Crippen molar-refractivity contribution in [1.82, 2.24) is 0 Å². The van der Waals surface area contributed by atoms with Crippen molar-refractivity contribution < 1.29 is 4.92 Å². The first-order chi connectivity index (χ1) is 6.88. The van der Waals surface area contributed by atoms with Gasteiger partial charge >= 0.3 is 0 Å². The number of nitro benzene ring substituents is 1. The Kier molecular flexibility index (Phi) is 3.93. The quantitative estimate of drug-likeness (QED) is 0.350. The summed E-state index contributed by atoms with van der Waals surface area (Å²) in [6.45, 7) is 6.93. The Balaban J connectivity index is 2.61. The van der Waals surface area contributed by atoms with Gasteiger partial charge in [-0.05, 0) is 17.5 Å². The number of rotatable bonds is 4. The summed E-state index contributed by atoms with van der Waals surface area (Å²) >= 11 is 1.79. The molecule has 3 nitrogen and oxygen atoms in total. The van der Waals surface area contributed by atoms with Gasteiger partial charge in [0.2, 0.25) is 0 Å². The molecule has 0 aromatic heterocycles. The highest BCUT2D eigenvalue weighted by atomic mass is 32.2. The van der Waals surface area contributed by atoms with Crippen LogP contribution in [0.1, 0.15) is 0 Å². The highest BCUT2D eigenvalue weighted by Crippen LogP contribution is 2.24. The molecule has 1 aromatic rings. The van der Waals surface area contributed by atoms with Gasteiger partial charge in [-0.15, -0.1) is 11.8 Å². The van der Waals surface area contributed by atoms with Crippen LogP contribution in [0.3, 0.4) is 0 Å².